The first-order chi connectivity index (χ1) is 9.72. The highest BCUT2D eigenvalue weighted by atomic mass is 32.2. The predicted molar refractivity (Wildman–Crippen MR) is 75.4 cm³/mol. The standard InChI is InChI=1S/C13H20N4O2S/c18-11-5-1-9(2-6-11)15-12(19)7-20-13-16-14-8-17(13)10-3-4-10/h8-11,18H,1-7H2,(H,15,19). The predicted octanol–water partition coefficient (Wildman–Crippen LogP) is 1.12. The third-order valence-corrected chi connectivity index (χ3v) is 4.83. The summed E-state index contributed by atoms with van der Waals surface area (Å²) < 4.78 is 2.06. The molecule has 0 aliphatic heterocycles. The van der Waals surface area contributed by atoms with E-state index in [4.69, 9.17) is 0 Å². The average Bonchev–Trinajstić information content (AvgIpc) is 3.18. The number of aromatic nitrogens is 3. The summed E-state index contributed by atoms with van der Waals surface area (Å²) in [6.07, 6.45) is 7.24. The van der Waals surface area contributed by atoms with Gasteiger partial charge in [0.25, 0.3) is 0 Å². The molecule has 20 heavy (non-hydrogen) atoms. The molecule has 0 bridgehead atoms. The number of amides is 1. The molecule has 2 saturated carbocycles. The molecule has 1 heterocycles. The number of nitrogens with zero attached hydrogens (tertiary/aromatic N) is 3. The lowest BCUT2D eigenvalue weighted by Crippen LogP contribution is -2.39. The highest BCUT2D eigenvalue weighted by Gasteiger charge is 2.26. The number of rotatable bonds is 5. The van der Waals surface area contributed by atoms with Crippen LogP contribution in [-0.4, -0.2) is 43.7 Å². The number of aliphatic hydroxyl groups is 1. The van der Waals surface area contributed by atoms with Gasteiger partial charge < -0.3 is 15.0 Å². The Hall–Kier alpha value is -1.08. The van der Waals surface area contributed by atoms with E-state index in [0.29, 0.717) is 11.8 Å². The third-order valence-electron chi connectivity index (χ3n) is 3.87. The Kier molecular flexibility index (Phi) is 4.26. The van der Waals surface area contributed by atoms with Gasteiger partial charge in [-0.25, -0.2) is 0 Å². The Morgan fingerprint density at radius 2 is 2.10 bits per heavy atom. The molecule has 2 aliphatic carbocycles. The number of nitrogens with one attached hydrogen (secondary N) is 1. The topological polar surface area (TPSA) is 80.0 Å². The Labute approximate surface area is 122 Å². The summed E-state index contributed by atoms with van der Waals surface area (Å²) in [6, 6.07) is 0.753. The maximum Gasteiger partial charge on any atom is 0.230 e. The van der Waals surface area contributed by atoms with E-state index in [1.807, 2.05) is 0 Å². The molecule has 0 unspecified atom stereocenters. The average molecular weight is 296 g/mol. The van der Waals surface area contributed by atoms with Crippen molar-refractivity contribution in [1.82, 2.24) is 20.1 Å². The first-order valence-electron chi connectivity index (χ1n) is 7.22. The van der Waals surface area contributed by atoms with Gasteiger partial charge in [-0.15, -0.1) is 10.2 Å². The van der Waals surface area contributed by atoms with Crippen molar-refractivity contribution < 1.29 is 9.90 Å². The lowest BCUT2D eigenvalue weighted by Gasteiger charge is -2.26. The summed E-state index contributed by atoms with van der Waals surface area (Å²) in [7, 11) is 0. The zero-order chi connectivity index (χ0) is 13.9. The molecule has 1 amide bonds. The van der Waals surface area contributed by atoms with Crippen molar-refractivity contribution >= 4 is 17.7 Å². The van der Waals surface area contributed by atoms with E-state index in [-0.39, 0.29) is 18.1 Å². The van der Waals surface area contributed by atoms with Crippen molar-refractivity contribution in [3.63, 3.8) is 0 Å². The first kappa shape index (κ1) is 13.9. The molecule has 0 atom stereocenters. The molecule has 2 N–H and O–H groups in total. The SMILES string of the molecule is O=C(CSc1nncn1C1CC1)NC1CCC(O)CC1. The molecular formula is C13H20N4O2S. The van der Waals surface area contributed by atoms with Gasteiger partial charge >= 0.3 is 0 Å². The van der Waals surface area contributed by atoms with E-state index < -0.39 is 0 Å². The smallest absolute Gasteiger partial charge is 0.230 e. The van der Waals surface area contributed by atoms with Crippen molar-refractivity contribution in [3.05, 3.63) is 6.33 Å². The van der Waals surface area contributed by atoms with Crippen LogP contribution in [0.5, 0.6) is 0 Å². The van der Waals surface area contributed by atoms with E-state index in [1.165, 1.54) is 24.6 Å². The van der Waals surface area contributed by atoms with Crippen LogP contribution in [0.3, 0.4) is 0 Å². The molecule has 1 aromatic rings. The second kappa shape index (κ2) is 6.13. The number of carbonyl (C=O) groups is 1. The number of thioether (sulfide) groups is 1. The van der Waals surface area contributed by atoms with E-state index in [9.17, 15) is 9.90 Å². The van der Waals surface area contributed by atoms with Gasteiger partial charge in [0, 0.05) is 12.1 Å². The second-order valence-electron chi connectivity index (χ2n) is 5.61. The maximum atomic E-state index is 11.9. The largest absolute Gasteiger partial charge is 0.393 e. The van der Waals surface area contributed by atoms with Crippen LogP contribution < -0.4 is 5.32 Å². The van der Waals surface area contributed by atoms with Crippen LogP contribution in [-0.2, 0) is 4.79 Å². The second-order valence-corrected chi connectivity index (χ2v) is 6.56. The fourth-order valence-corrected chi connectivity index (χ4v) is 3.35. The Morgan fingerprint density at radius 3 is 2.80 bits per heavy atom. The van der Waals surface area contributed by atoms with Crippen LogP contribution in [0.15, 0.2) is 11.5 Å². The minimum absolute atomic E-state index is 0.0433. The van der Waals surface area contributed by atoms with Crippen LogP contribution in [0.25, 0.3) is 0 Å². The summed E-state index contributed by atoms with van der Waals surface area (Å²) in [4.78, 5) is 11.9. The summed E-state index contributed by atoms with van der Waals surface area (Å²) in [6.45, 7) is 0. The zero-order valence-corrected chi connectivity index (χ0v) is 12.2. The van der Waals surface area contributed by atoms with E-state index in [0.717, 1.165) is 30.8 Å². The van der Waals surface area contributed by atoms with Gasteiger partial charge in [0.1, 0.15) is 6.33 Å². The lowest BCUT2D eigenvalue weighted by molar-refractivity contribution is -0.119. The number of aliphatic hydroxyl groups excluding tert-OH is 1. The van der Waals surface area contributed by atoms with Crippen LogP contribution in [0.2, 0.25) is 0 Å². The van der Waals surface area contributed by atoms with Gasteiger partial charge in [-0.2, -0.15) is 0 Å². The summed E-state index contributed by atoms with van der Waals surface area (Å²) in [5.41, 5.74) is 0. The monoisotopic (exact) mass is 296 g/mol. The molecule has 7 heteroatoms. The first-order valence-corrected chi connectivity index (χ1v) is 8.20. The van der Waals surface area contributed by atoms with Crippen LogP contribution in [0.1, 0.15) is 44.6 Å². The molecule has 0 spiro atoms. The van der Waals surface area contributed by atoms with Crippen LogP contribution in [0.4, 0.5) is 0 Å². The highest BCUT2D eigenvalue weighted by Crippen LogP contribution is 2.37. The molecule has 0 saturated heterocycles. The number of hydrogen-bond donors (Lipinski definition) is 2. The molecule has 110 valence electrons. The zero-order valence-electron chi connectivity index (χ0n) is 11.4. The van der Waals surface area contributed by atoms with Gasteiger partial charge in [0.05, 0.1) is 11.9 Å². The number of hydrogen-bond acceptors (Lipinski definition) is 5. The van der Waals surface area contributed by atoms with Gasteiger partial charge in [0.15, 0.2) is 5.16 Å². The van der Waals surface area contributed by atoms with Crippen molar-refractivity contribution in [1.29, 1.82) is 0 Å². The molecule has 0 aromatic carbocycles. The molecule has 0 radical (unpaired) electrons. The van der Waals surface area contributed by atoms with Crippen molar-refractivity contribution in [2.24, 2.45) is 0 Å². The molecule has 2 fully saturated rings. The third kappa shape index (κ3) is 3.52. The minimum atomic E-state index is -0.186. The molecular weight excluding hydrogens is 276 g/mol. The maximum absolute atomic E-state index is 11.9. The van der Waals surface area contributed by atoms with Crippen molar-refractivity contribution in [2.75, 3.05) is 5.75 Å². The minimum Gasteiger partial charge on any atom is -0.393 e. The summed E-state index contributed by atoms with van der Waals surface area (Å²) in [5.74, 6) is 0.423. The van der Waals surface area contributed by atoms with Crippen molar-refractivity contribution in [3.8, 4) is 0 Å². The van der Waals surface area contributed by atoms with Gasteiger partial charge in [-0.3, -0.25) is 4.79 Å². The van der Waals surface area contributed by atoms with Gasteiger partial charge in [-0.05, 0) is 38.5 Å². The summed E-state index contributed by atoms with van der Waals surface area (Å²) in [5, 5.41) is 21.3. The molecule has 6 nitrogen and oxygen atoms in total. The quantitative estimate of drug-likeness (QED) is 0.796. The lowest BCUT2D eigenvalue weighted by atomic mass is 9.93. The highest BCUT2D eigenvalue weighted by molar-refractivity contribution is 7.99. The Bertz CT molecular complexity index is 467. The summed E-state index contributed by atoms with van der Waals surface area (Å²) >= 11 is 1.45. The van der Waals surface area contributed by atoms with Crippen LogP contribution in [0, 0.1) is 0 Å². The normalized spacial score (nSPS) is 26.4. The Morgan fingerprint density at radius 1 is 1.35 bits per heavy atom. The van der Waals surface area contributed by atoms with Gasteiger partial charge in [-0.1, -0.05) is 11.8 Å². The van der Waals surface area contributed by atoms with Crippen LogP contribution >= 0.6 is 11.8 Å². The van der Waals surface area contributed by atoms with Gasteiger partial charge in [0.2, 0.25) is 5.91 Å². The fraction of sp³-hybridized carbons (Fsp3) is 0.769. The van der Waals surface area contributed by atoms with E-state index in [2.05, 4.69) is 20.1 Å². The Balaban J connectivity index is 1.43. The molecule has 3 rings (SSSR count). The molecule has 2 aliphatic rings. The molecule has 1 aromatic heterocycles. The number of carbonyl (C=O) groups excluding carboxylic acids is 1. The fourth-order valence-electron chi connectivity index (χ4n) is 2.56. The van der Waals surface area contributed by atoms with E-state index >= 15 is 0 Å². The van der Waals surface area contributed by atoms with Crippen molar-refractivity contribution in [2.45, 2.75) is 61.9 Å². The van der Waals surface area contributed by atoms with E-state index in [1.54, 1.807) is 6.33 Å².